The topological polar surface area (TPSA) is 79.0 Å². The molecule has 0 aromatic heterocycles. The summed E-state index contributed by atoms with van der Waals surface area (Å²) in [5.41, 5.74) is 3.02. The molecule has 1 aliphatic rings. The summed E-state index contributed by atoms with van der Waals surface area (Å²) in [5.74, 6) is 0.120. The summed E-state index contributed by atoms with van der Waals surface area (Å²) in [7, 11) is -3.73. The number of fused-ring (bicyclic) bond motifs is 1. The molecular formula is C23H31N3O4S. The minimum Gasteiger partial charge on any atom is -0.492 e. The van der Waals surface area contributed by atoms with Crippen LogP contribution in [-0.2, 0) is 27.8 Å². The van der Waals surface area contributed by atoms with Crippen molar-refractivity contribution in [1.82, 2.24) is 9.21 Å². The van der Waals surface area contributed by atoms with Gasteiger partial charge >= 0.3 is 0 Å². The third-order valence-corrected chi connectivity index (χ3v) is 7.50. The zero-order valence-electron chi connectivity index (χ0n) is 18.4. The van der Waals surface area contributed by atoms with Gasteiger partial charge < -0.3 is 10.1 Å². The molecule has 7 nitrogen and oxygen atoms in total. The van der Waals surface area contributed by atoms with Gasteiger partial charge in [-0.3, -0.25) is 9.69 Å². The van der Waals surface area contributed by atoms with E-state index in [1.54, 1.807) is 32.9 Å². The zero-order valence-corrected chi connectivity index (χ0v) is 19.2. The fourth-order valence-electron chi connectivity index (χ4n) is 3.86. The van der Waals surface area contributed by atoms with Crippen LogP contribution in [-0.4, -0.2) is 56.3 Å². The van der Waals surface area contributed by atoms with Crippen molar-refractivity contribution >= 4 is 21.6 Å². The molecule has 1 aliphatic heterocycles. The molecule has 0 saturated carbocycles. The summed E-state index contributed by atoms with van der Waals surface area (Å²) >= 11 is 0. The Morgan fingerprint density at radius 2 is 1.81 bits per heavy atom. The summed E-state index contributed by atoms with van der Waals surface area (Å²) in [4.78, 5) is 14.8. The van der Waals surface area contributed by atoms with E-state index in [4.69, 9.17) is 4.74 Å². The van der Waals surface area contributed by atoms with Gasteiger partial charge in [-0.05, 0) is 42.7 Å². The van der Waals surface area contributed by atoms with E-state index in [1.807, 2.05) is 12.1 Å². The molecule has 0 atom stereocenters. The second kappa shape index (κ2) is 10.3. The van der Waals surface area contributed by atoms with Crippen molar-refractivity contribution in [3.05, 3.63) is 53.6 Å². The van der Waals surface area contributed by atoms with Gasteiger partial charge in [0.2, 0.25) is 15.9 Å². The lowest BCUT2D eigenvalue weighted by Crippen LogP contribution is -2.37. The molecule has 1 N–H and O–H groups in total. The Bertz CT molecular complexity index is 1020. The second-order valence-electron chi connectivity index (χ2n) is 7.46. The zero-order chi connectivity index (χ0) is 22.4. The Morgan fingerprint density at radius 1 is 1.10 bits per heavy atom. The van der Waals surface area contributed by atoms with Crippen LogP contribution < -0.4 is 10.1 Å². The van der Waals surface area contributed by atoms with Gasteiger partial charge in [0.1, 0.15) is 10.6 Å². The summed E-state index contributed by atoms with van der Waals surface area (Å²) in [5, 5.41) is 2.85. The largest absolute Gasteiger partial charge is 0.492 e. The standard InChI is InChI=1S/C23H31N3O4S/c1-4-26(5-2)31(28,29)22-15-20(11-12-21(22)30-6-3)24-23(27)17-25-14-13-18-9-7-8-10-19(18)16-25/h7-12,15H,4-6,13-14,16-17H2,1-3H3,(H,24,27). The van der Waals surface area contributed by atoms with Gasteiger partial charge in [0.15, 0.2) is 0 Å². The van der Waals surface area contributed by atoms with Gasteiger partial charge in [0, 0.05) is 31.9 Å². The van der Waals surface area contributed by atoms with Crippen LogP contribution in [0.1, 0.15) is 31.9 Å². The summed E-state index contributed by atoms with van der Waals surface area (Å²) in [6.45, 7) is 8.26. The molecule has 8 heteroatoms. The fourth-order valence-corrected chi connectivity index (χ4v) is 5.47. The minimum absolute atomic E-state index is 0.0720. The van der Waals surface area contributed by atoms with Crippen molar-refractivity contribution < 1.29 is 17.9 Å². The van der Waals surface area contributed by atoms with Gasteiger partial charge in [-0.15, -0.1) is 0 Å². The van der Waals surface area contributed by atoms with Crippen molar-refractivity contribution in [2.24, 2.45) is 0 Å². The monoisotopic (exact) mass is 445 g/mol. The first kappa shape index (κ1) is 23.2. The first-order chi connectivity index (χ1) is 14.9. The first-order valence-electron chi connectivity index (χ1n) is 10.7. The maximum Gasteiger partial charge on any atom is 0.246 e. The van der Waals surface area contributed by atoms with Crippen molar-refractivity contribution in [3.63, 3.8) is 0 Å². The quantitative estimate of drug-likeness (QED) is 0.642. The lowest BCUT2D eigenvalue weighted by atomic mass is 10.00. The van der Waals surface area contributed by atoms with Crippen molar-refractivity contribution in [2.45, 2.75) is 38.6 Å². The number of hydrogen-bond acceptors (Lipinski definition) is 5. The Labute approximate surface area is 185 Å². The molecule has 1 amide bonds. The number of benzene rings is 2. The summed E-state index contributed by atoms with van der Waals surface area (Å²) < 4.78 is 33.1. The fraction of sp³-hybridized carbons (Fsp3) is 0.435. The van der Waals surface area contributed by atoms with Crippen LogP contribution in [0, 0.1) is 0 Å². The average Bonchev–Trinajstić information content (AvgIpc) is 2.75. The molecule has 0 fully saturated rings. The Morgan fingerprint density at radius 3 is 2.48 bits per heavy atom. The maximum atomic E-state index is 13.1. The normalized spacial score (nSPS) is 14.3. The van der Waals surface area contributed by atoms with E-state index in [0.717, 1.165) is 19.5 Å². The molecule has 2 aromatic carbocycles. The van der Waals surface area contributed by atoms with E-state index in [-0.39, 0.29) is 17.3 Å². The molecule has 0 radical (unpaired) electrons. The average molecular weight is 446 g/mol. The SMILES string of the molecule is CCOc1ccc(NC(=O)CN2CCc3ccccc3C2)cc1S(=O)(=O)N(CC)CC. The van der Waals surface area contributed by atoms with Crippen LogP contribution >= 0.6 is 0 Å². The number of amides is 1. The molecule has 1 heterocycles. The van der Waals surface area contributed by atoms with E-state index in [1.165, 1.54) is 21.5 Å². The Balaban J connectivity index is 1.75. The smallest absolute Gasteiger partial charge is 0.246 e. The molecule has 0 aliphatic carbocycles. The molecule has 31 heavy (non-hydrogen) atoms. The molecule has 0 unspecified atom stereocenters. The maximum absolute atomic E-state index is 13.1. The van der Waals surface area contributed by atoms with Gasteiger partial charge in [-0.1, -0.05) is 38.1 Å². The van der Waals surface area contributed by atoms with Crippen LogP contribution in [0.25, 0.3) is 0 Å². The molecule has 0 bridgehead atoms. The van der Waals surface area contributed by atoms with Gasteiger partial charge in [-0.2, -0.15) is 4.31 Å². The highest BCUT2D eigenvalue weighted by Gasteiger charge is 2.26. The summed E-state index contributed by atoms with van der Waals surface area (Å²) in [6.07, 6.45) is 0.915. The highest BCUT2D eigenvalue weighted by molar-refractivity contribution is 7.89. The van der Waals surface area contributed by atoms with E-state index in [0.29, 0.717) is 31.1 Å². The first-order valence-corrected chi connectivity index (χ1v) is 12.2. The number of rotatable bonds is 9. The number of carbonyl (C=O) groups is 1. The molecule has 3 rings (SSSR count). The number of carbonyl (C=O) groups excluding carboxylic acids is 1. The van der Waals surface area contributed by atoms with Crippen molar-refractivity contribution in [3.8, 4) is 5.75 Å². The van der Waals surface area contributed by atoms with Gasteiger partial charge in [-0.25, -0.2) is 8.42 Å². The van der Waals surface area contributed by atoms with E-state index in [9.17, 15) is 13.2 Å². The van der Waals surface area contributed by atoms with Gasteiger partial charge in [0.25, 0.3) is 0 Å². The number of ether oxygens (including phenoxy) is 1. The third-order valence-electron chi connectivity index (χ3n) is 5.43. The Kier molecular flexibility index (Phi) is 7.69. The summed E-state index contributed by atoms with van der Waals surface area (Å²) in [6, 6.07) is 13.0. The molecule has 0 spiro atoms. The molecule has 2 aromatic rings. The highest BCUT2D eigenvalue weighted by Crippen LogP contribution is 2.30. The lowest BCUT2D eigenvalue weighted by molar-refractivity contribution is -0.117. The van der Waals surface area contributed by atoms with Crippen LogP contribution in [0.3, 0.4) is 0 Å². The number of nitrogens with zero attached hydrogens (tertiary/aromatic N) is 2. The van der Waals surface area contributed by atoms with E-state index in [2.05, 4.69) is 22.3 Å². The molecular weight excluding hydrogens is 414 g/mol. The predicted molar refractivity (Wildman–Crippen MR) is 122 cm³/mol. The molecule has 168 valence electrons. The van der Waals surface area contributed by atoms with E-state index < -0.39 is 10.0 Å². The second-order valence-corrected chi connectivity index (χ2v) is 9.37. The van der Waals surface area contributed by atoms with Crippen LogP contribution in [0.2, 0.25) is 0 Å². The van der Waals surface area contributed by atoms with Crippen molar-refractivity contribution in [2.75, 3.05) is 38.1 Å². The van der Waals surface area contributed by atoms with Gasteiger partial charge in [0.05, 0.1) is 13.2 Å². The predicted octanol–water partition coefficient (Wildman–Crippen LogP) is 3.11. The number of hydrogen-bond donors (Lipinski definition) is 1. The van der Waals surface area contributed by atoms with Crippen molar-refractivity contribution in [1.29, 1.82) is 0 Å². The van der Waals surface area contributed by atoms with E-state index >= 15 is 0 Å². The highest BCUT2D eigenvalue weighted by atomic mass is 32.2. The molecule has 0 saturated heterocycles. The van der Waals surface area contributed by atoms with Crippen LogP contribution in [0.5, 0.6) is 5.75 Å². The minimum atomic E-state index is -3.73. The number of sulfonamides is 1. The van der Waals surface area contributed by atoms with Crippen LogP contribution in [0.15, 0.2) is 47.4 Å². The lowest BCUT2D eigenvalue weighted by Gasteiger charge is -2.28. The Hall–Kier alpha value is -2.42. The number of anilines is 1. The number of nitrogens with one attached hydrogen (secondary N) is 1. The van der Waals surface area contributed by atoms with Crippen LogP contribution in [0.4, 0.5) is 5.69 Å². The third kappa shape index (κ3) is 5.44.